The molecule has 0 atom stereocenters. The molecule has 0 aliphatic carbocycles. The van der Waals surface area contributed by atoms with Crippen molar-refractivity contribution in [2.45, 2.75) is 6.92 Å². The van der Waals surface area contributed by atoms with Gasteiger partial charge in [-0.05, 0) is 12.5 Å². The lowest BCUT2D eigenvalue weighted by Gasteiger charge is -1.91. The summed E-state index contributed by atoms with van der Waals surface area (Å²) in [5, 5.41) is 8.51. The fourth-order valence-corrected chi connectivity index (χ4v) is 0.840. The first kappa shape index (κ1) is 6.97. The van der Waals surface area contributed by atoms with Crippen LogP contribution in [0.3, 0.4) is 0 Å². The van der Waals surface area contributed by atoms with Gasteiger partial charge >= 0.3 is 0 Å². The van der Waals surface area contributed by atoms with Crippen molar-refractivity contribution in [3.05, 3.63) is 28.0 Å². The van der Waals surface area contributed by atoms with E-state index in [9.17, 15) is 0 Å². The van der Waals surface area contributed by atoms with E-state index >= 15 is 0 Å². The number of nitrogens with one attached hydrogen (secondary N) is 1. The summed E-state index contributed by atoms with van der Waals surface area (Å²) < 4.78 is 0.640. The van der Waals surface area contributed by atoms with Gasteiger partial charge in [0.15, 0.2) is 0 Å². The number of rotatable bonds is 0. The molecule has 0 aromatic carbocycles. The molecular weight excluding hydrogens is 144 g/mol. The summed E-state index contributed by atoms with van der Waals surface area (Å²) in [6.07, 6.45) is 3.39. The van der Waals surface area contributed by atoms with Gasteiger partial charge in [0.2, 0.25) is 0 Å². The van der Waals surface area contributed by atoms with Crippen LogP contribution >= 0.6 is 12.2 Å². The SMILES string of the molecule is Cc1c[nH]cc(C#N)c1=S. The van der Waals surface area contributed by atoms with E-state index in [1.54, 1.807) is 12.4 Å². The Hall–Kier alpha value is -1.14. The molecule has 0 fully saturated rings. The van der Waals surface area contributed by atoms with Crippen LogP contribution in [0.1, 0.15) is 11.1 Å². The van der Waals surface area contributed by atoms with E-state index < -0.39 is 0 Å². The third-order valence-corrected chi connectivity index (χ3v) is 1.79. The van der Waals surface area contributed by atoms with Gasteiger partial charge in [0.1, 0.15) is 6.07 Å². The quantitative estimate of drug-likeness (QED) is 0.574. The van der Waals surface area contributed by atoms with Crippen LogP contribution in [-0.2, 0) is 0 Å². The first-order valence-corrected chi connectivity index (χ1v) is 3.24. The molecule has 50 valence electrons. The van der Waals surface area contributed by atoms with Crippen molar-refractivity contribution in [2.75, 3.05) is 0 Å². The molecule has 0 saturated carbocycles. The van der Waals surface area contributed by atoms with Gasteiger partial charge in [-0.3, -0.25) is 0 Å². The smallest absolute Gasteiger partial charge is 0.102 e. The first-order chi connectivity index (χ1) is 4.75. The molecule has 0 spiro atoms. The molecule has 0 radical (unpaired) electrons. The molecule has 10 heavy (non-hydrogen) atoms. The number of H-pyrrole nitrogens is 1. The predicted octanol–water partition coefficient (Wildman–Crippen LogP) is 1.92. The second-order valence-electron chi connectivity index (χ2n) is 1.99. The number of hydrogen-bond acceptors (Lipinski definition) is 2. The van der Waals surface area contributed by atoms with Crippen molar-refractivity contribution >= 4 is 12.2 Å². The van der Waals surface area contributed by atoms with Gasteiger partial charge < -0.3 is 4.98 Å². The highest BCUT2D eigenvalue weighted by Crippen LogP contribution is 2.03. The zero-order chi connectivity index (χ0) is 7.56. The highest BCUT2D eigenvalue weighted by Gasteiger charge is 1.93. The van der Waals surface area contributed by atoms with Crippen LogP contribution in [0.5, 0.6) is 0 Å². The topological polar surface area (TPSA) is 39.6 Å². The summed E-state index contributed by atoms with van der Waals surface area (Å²) in [7, 11) is 0. The fourth-order valence-electron chi connectivity index (χ4n) is 0.677. The molecule has 2 nitrogen and oxygen atoms in total. The van der Waals surface area contributed by atoms with Gasteiger partial charge in [0, 0.05) is 12.4 Å². The van der Waals surface area contributed by atoms with Crippen molar-refractivity contribution in [3.8, 4) is 6.07 Å². The predicted molar refractivity (Wildman–Crippen MR) is 41.1 cm³/mol. The molecule has 1 N–H and O–H groups in total. The first-order valence-electron chi connectivity index (χ1n) is 2.83. The van der Waals surface area contributed by atoms with Gasteiger partial charge in [-0.25, -0.2) is 0 Å². The lowest BCUT2D eigenvalue weighted by atomic mass is 10.2. The largest absolute Gasteiger partial charge is 0.366 e. The van der Waals surface area contributed by atoms with Crippen LogP contribution in [0.4, 0.5) is 0 Å². The van der Waals surface area contributed by atoms with Crippen LogP contribution in [0.25, 0.3) is 0 Å². The minimum absolute atomic E-state index is 0.537. The molecule has 1 heterocycles. The Morgan fingerprint density at radius 3 is 2.80 bits per heavy atom. The highest BCUT2D eigenvalue weighted by molar-refractivity contribution is 7.71. The van der Waals surface area contributed by atoms with Gasteiger partial charge in [-0.1, -0.05) is 12.2 Å². The van der Waals surface area contributed by atoms with Crippen molar-refractivity contribution in [1.29, 1.82) is 5.26 Å². The Bertz CT molecular complexity index is 332. The van der Waals surface area contributed by atoms with E-state index in [4.69, 9.17) is 17.5 Å². The molecule has 0 aliphatic rings. The summed E-state index contributed by atoms with van der Waals surface area (Å²) >= 11 is 4.95. The maximum absolute atomic E-state index is 8.51. The molecule has 1 aromatic heterocycles. The van der Waals surface area contributed by atoms with E-state index in [0.717, 1.165) is 5.56 Å². The molecule has 0 amide bonds. The van der Waals surface area contributed by atoms with Crippen LogP contribution in [0, 0.1) is 22.8 Å². The van der Waals surface area contributed by atoms with E-state index in [-0.39, 0.29) is 0 Å². The van der Waals surface area contributed by atoms with E-state index in [2.05, 4.69) is 4.98 Å². The number of aromatic amines is 1. The van der Waals surface area contributed by atoms with E-state index in [1.807, 2.05) is 13.0 Å². The minimum atomic E-state index is 0.537. The van der Waals surface area contributed by atoms with Gasteiger partial charge in [-0.15, -0.1) is 0 Å². The minimum Gasteiger partial charge on any atom is -0.366 e. The van der Waals surface area contributed by atoms with Crippen molar-refractivity contribution in [1.82, 2.24) is 4.98 Å². The van der Waals surface area contributed by atoms with Crippen molar-refractivity contribution < 1.29 is 0 Å². The highest BCUT2D eigenvalue weighted by atomic mass is 32.1. The van der Waals surface area contributed by atoms with Gasteiger partial charge in [0.05, 0.1) is 10.1 Å². The summed E-state index contributed by atoms with van der Waals surface area (Å²) in [6.45, 7) is 1.87. The van der Waals surface area contributed by atoms with Crippen LogP contribution < -0.4 is 0 Å². The Balaban J connectivity index is 3.47. The monoisotopic (exact) mass is 150 g/mol. The maximum atomic E-state index is 8.51. The molecule has 3 heteroatoms. The lowest BCUT2D eigenvalue weighted by Crippen LogP contribution is -1.82. The number of aromatic nitrogens is 1. The Kier molecular flexibility index (Phi) is 1.83. The maximum Gasteiger partial charge on any atom is 0.102 e. The lowest BCUT2D eigenvalue weighted by molar-refractivity contribution is 1.24. The van der Waals surface area contributed by atoms with Crippen LogP contribution in [0.15, 0.2) is 12.4 Å². The van der Waals surface area contributed by atoms with Gasteiger partial charge in [-0.2, -0.15) is 5.26 Å². The second-order valence-corrected chi connectivity index (χ2v) is 2.40. The number of nitrogens with zero attached hydrogens (tertiary/aromatic N) is 1. The molecule has 0 saturated heterocycles. The Morgan fingerprint density at radius 2 is 2.30 bits per heavy atom. The summed E-state index contributed by atoms with van der Waals surface area (Å²) in [4.78, 5) is 2.83. The normalized spacial score (nSPS) is 8.80. The van der Waals surface area contributed by atoms with Crippen LogP contribution in [-0.4, -0.2) is 4.98 Å². The summed E-state index contributed by atoms with van der Waals surface area (Å²) in [5.74, 6) is 0. The molecule has 0 bridgehead atoms. The molecular formula is C7H6N2S. The average molecular weight is 150 g/mol. The standard InChI is InChI=1S/C7H6N2S/c1-5-3-9-4-6(2-8)7(5)10/h3-4H,1H3,(H,9,10). The summed E-state index contributed by atoms with van der Waals surface area (Å²) in [5.41, 5.74) is 1.48. The number of pyridine rings is 1. The number of nitriles is 1. The van der Waals surface area contributed by atoms with Crippen LogP contribution in [0.2, 0.25) is 0 Å². The number of hydrogen-bond donors (Lipinski definition) is 1. The zero-order valence-electron chi connectivity index (χ0n) is 5.51. The molecule has 1 rings (SSSR count). The summed E-state index contributed by atoms with van der Waals surface area (Å²) in [6, 6.07) is 2.00. The Labute approximate surface area is 64.1 Å². The zero-order valence-corrected chi connectivity index (χ0v) is 6.33. The molecule has 0 unspecified atom stereocenters. The van der Waals surface area contributed by atoms with Crippen molar-refractivity contribution in [2.24, 2.45) is 0 Å². The number of aryl methyl sites for hydroxylation is 1. The third-order valence-electron chi connectivity index (χ3n) is 1.25. The average Bonchev–Trinajstić information content (AvgIpc) is 1.95. The Morgan fingerprint density at radius 1 is 1.60 bits per heavy atom. The second kappa shape index (κ2) is 2.63. The van der Waals surface area contributed by atoms with Crippen molar-refractivity contribution in [3.63, 3.8) is 0 Å². The molecule has 1 aromatic rings. The third kappa shape index (κ3) is 1.07. The fraction of sp³-hybridized carbons (Fsp3) is 0.143. The van der Waals surface area contributed by atoms with E-state index in [1.165, 1.54) is 0 Å². The van der Waals surface area contributed by atoms with Gasteiger partial charge in [0.25, 0.3) is 0 Å². The van der Waals surface area contributed by atoms with E-state index in [0.29, 0.717) is 10.1 Å². The molecule has 0 aliphatic heterocycles.